The minimum Gasteiger partial charge on any atom is -0.383 e. The van der Waals surface area contributed by atoms with Crippen LogP contribution in [-0.4, -0.2) is 31.0 Å². The van der Waals surface area contributed by atoms with Crippen molar-refractivity contribution in [2.45, 2.75) is 12.5 Å². The molecular formula is C10H14BrNO2S. The van der Waals surface area contributed by atoms with Gasteiger partial charge >= 0.3 is 0 Å². The molecule has 1 atom stereocenters. The summed E-state index contributed by atoms with van der Waals surface area (Å²) in [6, 6.07) is 2.00. The van der Waals surface area contributed by atoms with Gasteiger partial charge in [-0.25, -0.2) is 0 Å². The fourth-order valence-corrected chi connectivity index (χ4v) is 2.20. The Labute approximate surface area is 102 Å². The topological polar surface area (TPSA) is 38.3 Å². The SMILES string of the molecule is COCC(CBr)NC(=O)Cc1ccsc1. The molecule has 0 aromatic carbocycles. The Morgan fingerprint density at radius 2 is 2.53 bits per heavy atom. The molecule has 84 valence electrons. The number of hydrogen-bond acceptors (Lipinski definition) is 3. The molecule has 0 aliphatic rings. The van der Waals surface area contributed by atoms with Gasteiger partial charge in [-0.1, -0.05) is 15.9 Å². The number of rotatable bonds is 6. The zero-order valence-electron chi connectivity index (χ0n) is 8.53. The number of ether oxygens (including phenoxy) is 1. The number of amides is 1. The van der Waals surface area contributed by atoms with Crippen LogP contribution in [0.5, 0.6) is 0 Å². The molecule has 0 saturated heterocycles. The Hall–Kier alpha value is -0.390. The van der Waals surface area contributed by atoms with Crippen LogP contribution in [-0.2, 0) is 16.0 Å². The standard InChI is InChI=1S/C10H14BrNO2S/c1-14-6-9(5-11)12-10(13)4-8-2-3-15-7-8/h2-3,7,9H,4-6H2,1H3,(H,12,13). The lowest BCUT2D eigenvalue weighted by Gasteiger charge is -2.14. The third kappa shape index (κ3) is 4.77. The van der Waals surface area contributed by atoms with E-state index in [4.69, 9.17) is 4.74 Å². The van der Waals surface area contributed by atoms with E-state index in [2.05, 4.69) is 21.2 Å². The number of nitrogens with one attached hydrogen (secondary N) is 1. The molecule has 3 nitrogen and oxygen atoms in total. The van der Waals surface area contributed by atoms with Gasteiger partial charge in [-0.2, -0.15) is 11.3 Å². The quantitative estimate of drug-likeness (QED) is 0.812. The van der Waals surface area contributed by atoms with Gasteiger partial charge in [0.2, 0.25) is 5.91 Å². The van der Waals surface area contributed by atoms with Gasteiger partial charge in [0.15, 0.2) is 0 Å². The predicted molar refractivity (Wildman–Crippen MR) is 65.6 cm³/mol. The molecule has 1 aromatic rings. The molecule has 5 heteroatoms. The Kier molecular flexibility index (Phi) is 5.90. The average Bonchev–Trinajstić information content (AvgIpc) is 2.69. The van der Waals surface area contributed by atoms with E-state index in [9.17, 15) is 4.79 Å². The van der Waals surface area contributed by atoms with Gasteiger partial charge in [-0.3, -0.25) is 4.79 Å². The maximum Gasteiger partial charge on any atom is 0.224 e. The summed E-state index contributed by atoms with van der Waals surface area (Å²) in [6.07, 6.45) is 0.441. The molecule has 1 amide bonds. The third-order valence-corrected chi connectivity index (χ3v) is 3.38. The first-order valence-electron chi connectivity index (χ1n) is 4.61. The molecule has 1 aromatic heterocycles. The molecule has 0 fully saturated rings. The highest BCUT2D eigenvalue weighted by molar-refractivity contribution is 9.09. The normalized spacial score (nSPS) is 12.4. The zero-order valence-corrected chi connectivity index (χ0v) is 10.9. The fraction of sp³-hybridized carbons (Fsp3) is 0.500. The largest absolute Gasteiger partial charge is 0.383 e. The molecular weight excluding hydrogens is 278 g/mol. The first kappa shape index (κ1) is 12.7. The van der Waals surface area contributed by atoms with Crippen molar-refractivity contribution in [3.8, 4) is 0 Å². The Bertz CT molecular complexity index is 290. The van der Waals surface area contributed by atoms with Crippen LogP contribution < -0.4 is 5.32 Å². The second kappa shape index (κ2) is 6.98. The molecule has 1 heterocycles. The van der Waals surface area contributed by atoms with E-state index < -0.39 is 0 Å². The lowest BCUT2D eigenvalue weighted by molar-refractivity contribution is -0.121. The van der Waals surface area contributed by atoms with Gasteiger partial charge in [-0.15, -0.1) is 0 Å². The third-order valence-electron chi connectivity index (χ3n) is 1.86. The summed E-state index contributed by atoms with van der Waals surface area (Å²) in [5.74, 6) is 0.0369. The van der Waals surface area contributed by atoms with Crippen molar-refractivity contribution in [3.63, 3.8) is 0 Å². The summed E-state index contributed by atoms with van der Waals surface area (Å²) in [7, 11) is 1.63. The number of halogens is 1. The number of carbonyl (C=O) groups is 1. The number of carbonyl (C=O) groups excluding carboxylic acids is 1. The second-order valence-corrected chi connectivity index (χ2v) is 4.61. The van der Waals surface area contributed by atoms with Gasteiger partial charge in [0.1, 0.15) is 0 Å². The monoisotopic (exact) mass is 291 g/mol. The van der Waals surface area contributed by atoms with Gasteiger partial charge in [-0.05, 0) is 22.4 Å². The Morgan fingerprint density at radius 1 is 1.73 bits per heavy atom. The van der Waals surface area contributed by atoms with Crippen LogP contribution in [0.3, 0.4) is 0 Å². The summed E-state index contributed by atoms with van der Waals surface area (Å²) in [4.78, 5) is 11.6. The minimum atomic E-state index is 0.0369. The predicted octanol–water partition coefficient (Wildman–Crippen LogP) is 1.82. The van der Waals surface area contributed by atoms with E-state index in [0.29, 0.717) is 18.4 Å². The number of alkyl halides is 1. The first-order chi connectivity index (χ1) is 7.26. The zero-order chi connectivity index (χ0) is 11.1. The van der Waals surface area contributed by atoms with Crippen LogP contribution >= 0.6 is 27.3 Å². The van der Waals surface area contributed by atoms with E-state index in [1.807, 2.05) is 16.8 Å². The van der Waals surface area contributed by atoms with Crippen molar-refractivity contribution < 1.29 is 9.53 Å². The molecule has 0 saturated carbocycles. The van der Waals surface area contributed by atoms with Crippen molar-refractivity contribution >= 4 is 33.2 Å². The molecule has 0 aliphatic carbocycles. The lowest BCUT2D eigenvalue weighted by atomic mass is 10.2. The molecule has 0 aliphatic heterocycles. The van der Waals surface area contributed by atoms with Gasteiger partial charge < -0.3 is 10.1 Å². The molecule has 0 spiro atoms. The number of hydrogen-bond donors (Lipinski definition) is 1. The molecule has 1 rings (SSSR count). The van der Waals surface area contributed by atoms with Crippen molar-refractivity contribution in [1.82, 2.24) is 5.32 Å². The molecule has 1 unspecified atom stereocenters. The van der Waals surface area contributed by atoms with E-state index in [-0.39, 0.29) is 11.9 Å². The van der Waals surface area contributed by atoms with E-state index >= 15 is 0 Å². The summed E-state index contributed by atoms with van der Waals surface area (Å²) in [5, 5.41) is 7.56. The minimum absolute atomic E-state index is 0.0369. The van der Waals surface area contributed by atoms with Crippen LogP contribution in [0.1, 0.15) is 5.56 Å². The van der Waals surface area contributed by atoms with Gasteiger partial charge in [0.05, 0.1) is 19.1 Å². The lowest BCUT2D eigenvalue weighted by Crippen LogP contribution is -2.39. The van der Waals surface area contributed by atoms with Crippen LogP contribution in [0.15, 0.2) is 16.8 Å². The summed E-state index contributed by atoms with van der Waals surface area (Å²) >= 11 is 4.93. The van der Waals surface area contributed by atoms with E-state index in [1.165, 1.54) is 0 Å². The maximum atomic E-state index is 11.6. The summed E-state index contributed by atoms with van der Waals surface area (Å²) in [6.45, 7) is 0.528. The maximum absolute atomic E-state index is 11.6. The average molecular weight is 292 g/mol. The first-order valence-corrected chi connectivity index (χ1v) is 6.68. The van der Waals surface area contributed by atoms with E-state index in [1.54, 1.807) is 18.4 Å². The highest BCUT2D eigenvalue weighted by Crippen LogP contribution is 2.06. The van der Waals surface area contributed by atoms with Crippen LogP contribution in [0, 0.1) is 0 Å². The Balaban J connectivity index is 2.34. The highest BCUT2D eigenvalue weighted by Gasteiger charge is 2.11. The number of thiophene rings is 1. The summed E-state index contributed by atoms with van der Waals surface area (Å²) < 4.78 is 4.99. The van der Waals surface area contributed by atoms with Crippen LogP contribution in [0.2, 0.25) is 0 Å². The number of methoxy groups -OCH3 is 1. The fourth-order valence-electron chi connectivity index (χ4n) is 1.18. The molecule has 1 N–H and O–H groups in total. The summed E-state index contributed by atoms with van der Waals surface area (Å²) in [5.41, 5.74) is 1.06. The van der Waals surface area contributed by atoms with Gasteiger partial charge in [0.25, 0.3) is 0 Å². The molecule has 15 heavy (non-hydrogen) atoms. The Morgan fingerprint density at radius 3 is 3.07 bits per heavy atom. The molecule has 0 radical (unpaired) electrons. The van der Waals surface area contributed by atoms with Crippen LogP contribution in [0.25, 0.3) is 0 Å². The van der Waals surface area contributed by atoms with Crippen molar-refractivity contribution in [2.24, 2.45) is 0 Å². The molecule has 0 bridgehead atoms. The van der Waals surface area contributed by atoms with Gasteiger partial charge in [0, 0.05) is 12.4 Å². The van der Waals surface area contributed by atoms with Crippen molar-refractivity contribution in [1.29, 1.82) is 0 Å². The van der Waals surface area contributed by atoms with Crippen molar-refractivity contribution in [3.05, 3.63) is 22.4 Å². The smallest absolute Gasteiger partial charge is 0.224 e. The van der Waals surface area contributed by atoms with Crippen molar-refractivity contribution in [2.75, 3.05) is 19.0 Å². The van der Waals surface area contributed by atoms with E-state index in [0.717, 1.165) is 5.56 Å². The highest BCUT2D eigenvalue weighted by atomic mass is 79.9. The van der Waals surface area contributed by atoms with Crippen LogP contribution in [0.4, 0.5) is 0 Å². The second-order valence-electron chi connectivity index (χ2n) is 3.18.